The number of thioether (sulfide) groups is 1. The molecular weight excluding hydrogens is 272 g/mol. The number of aromatic nitrogens is 2. The highest BCUT2D eigenvalue weighted by atomic mass is 32.2. The van der Waals surface area contributed by atoms with Crippen LogP contribution in [0.1, 0.15) is 12.1 Å². The van der Waals surface area contributed by atoms with E-state index in [1.165, 1.54) is 0 Å². The zero-order valence-corrected chi connectivity index (χ0v) is 12.2. The summed E-state index contributed by atoms with van der Waals surface area (Å²) in [5.74, 6) is 1.68. The fraction of sp³-hybridized carbons (Fsp3) is 0.400. The maximum absolute atomic E-state index is 10.3. The van der Waals surface area contributed by atoms with Gasteiger partial charge in [0.2, 0.25) is 0 Å². The van der Waals surface area contributed by atoms with E-state index >= 15 is 0 Å². The van der Waals surface area contributed by atoms with Gasteiger partial charge in [-0.2, -0.15) is 5.10 Å². The smallest absolute Gasteiger partial charge is 0.134 e. The minimum Gasteiger partial charge on any atom is -0.486 e. The molecule has 2 unspecified atom stereocenters. The molecule has 0 saturated carbocycles. The van der Waals surface area contributed by atoms with Crippen molar-refractivity contribution in [2.75, 3.05) is 5.75 Å². The Labute approximate surface area is 122 Å². The number of fused-ring (bicyclic) bond motifs is 1. The van der Waals surface area contributed by atoms with Crippen molar-refractivity contribution in [3.05, 3.63) is 42.2 Å². The van der Waals surface area contributed by atoms with E-state index in [1.54, 1.807) is 18.0 Å². The van der Waals surface area contributed by atoms with Gasteiger partial charge in [0.05, 0.1) is 6.10 Å². The van der Waals surface area contributed by atoms with Crippen molar-refractivity contribution in [1.29, 1.82) is 0 Å². The number of hydrogen-bond acceptors (Lipinski definition) is 4. The average Bonchev–Trinajstić information content (AvgIpc) is 2.89. The summed E-state index contributed by atoms with van der Waals surface area (Å²) in [5.41, 5.74) is 1.13. The summed E-state index contributed by atoms with van der Waals surface area (Å²) >= 11 is 1.75. The van der Waals surface area contributed by atoms with Gasteiger partial charge in [0.25, 0.3) is 0 Å². The number of ether oxygens (including phenoxy) is 1. The van der Waals surface area contributed by atoms with Crippen LogP contribution in [-0.4, -0.2) is 32.8 Å². The molecule has 0 spiro atoms. The predicted molar refractivity (Wildman–Crippen MR) is 79.1 cm³/mol. The molecule has 3 rings (SSSR count). The van der Waals surface area contributed by atoms with Gasteiger partial charge >= 0.3 is 0 Å². The first-order valence-corrected chi connectivity index (χ1v) is 7.76. The van der Waals surface area contributed by atoms with Gasteiger partial charge in [0, 0.05) is 29.6 Å². The normalized spacial score (nSPS) is 19.2. The summed E-state index contributed by atoms with van der Waals surface area (Å²) < 4.78 is 7.75. The van der Waals surface area contributed by atoms with Crippen molar-refractivity contribution in [2.24, 2.45) is 7.05 Å². The summed E-state index contributed by atoms with van der Waals surface area (Å²) in [6.45, 7) is 0. The first kappa shape index (κ1) is 13.5. The molecule has 0 aliphatic carbocycles. The molecule has 2 atom stereocenters. The highest BCUT2D eigenvalue weighted by Crippen LogP contribution is 2.36. The molecule has 4 nitrogen and oxygen atoms in total. The maximum Gasteiger partial charge on any atom is 0.134 e. The molecular formula is C15H18N2O2S. The molecule has 2 heterocycles. The highest BCUT2D eigenvalue weighted by molar-refractivity contribution is 7.99. The lowest BCUT2D eigenvalue weighted by Gasteiger charge is -2.29. The standard InChI is InChI=1S/C15H18N2O2S/c1-17-11(8-9-16-17)6-7-12(18)14-10-20-15-5-3-2-4-13(15)19-14/h2-5,8-9,12,14,18H,6-7,10H2,1H3. The van der Waals surface area contributed by atoms with Crippen LogP contribution in [0.3, 0.4) is 0 Å². The van der Waals surface area contributed by atoms with Crippen molar-refractivity contribution >= 4 is 11.8 Å². The molecule has 20 heavy (non-hydrogen) atoms. The van der Waals surface area contributed by atoms with Crippen LogP contribution in [0, 0.1) is 0 Å². The lowest BCUT2D eigenvalue weighted by atomic mass is 10.1. The molecule has 0 radical (unpaired) electrons. The SMILES string of the molecule is Cn1nccc1CCC(O)C1CSc2ccccc2O1. The average molecular weight is 290 g/mol. The highest BCUT2D eigenvalue weighted by Gasteiger charge is 2.26. The number of aliphatic hydroxyl groups is 1. The fourth-order valence-electron chi connectivity index (χ4n) is 2.35. The van der Waals surface area contributed by atoms with Gasteiger partial charge in [-0.15, -0.1) is 11.8 Å². The Balaban J connectivity index is 1.59. The first-order valence-electron chi connectivity index (χ1n) is 6.77. The van der Waals surface area contributed by atoms with E-state index < -0.39 is 6.10 Å². The Hall–Kier alpha value is -1.46. The number of aryl methyl sites for hydroxylation is 2. The van der Waals surface area contributed by atoms with Crippen LogP contribution in [0.4, 0.5) is 0 Å². The Kier molecular flexibility index (Phi) is 3.98. The molecule has 1 aliphatic rings. The lowest BCUT2D eigenvalue weighted by Crippen LogP contribution is -2.36. The number of rotatable bonds is 4. The Bertz CT molecular complexity index is 585. The van der Waals surface area contributed by atoms with Crippen LogP contribution in [0.15, 0.2) is 41.4 Å². The third kappa shape index (κ3) is 2.83. The lowest BCUT2D eigenvalue weighted by molar-refractivity contribution is 0.0408. The number of hydrogen-bond donors (Lipinski definition) is 1. The van der Waals surface area contributed by atoms with Crippen molar-refractivity contribution in [3.8, 4) is 5.75 Å². The van der Waals surface area contributed by atoms with E-state index in [4.69, 9.17) is 4.74 Å². The summed E-state index contributed by atoms with van der Waals surface area (Å²) in [5, 5.41) is 14.5. The van der Waals surface area contributed by atoms with Crippen LogP contribution in [0.5, 0.6) is 5.75 Å². The maximum atomic E-state index is 10.3. The predicted octanol–water partition coefficient (Wildman–Crippen LogP) is 2.27. The monoisotopic (exact) mass is 290 g/mol. The number of aliphatic hydroxyl groups excluding tert-OH is 1. The van der Waals surface area contributed by atoms with Gasteiger partial charge in [0.1, 0.15) is 11.9 Å². The summed E-state index contributed by atoms with van der Waals surface area (Å²) in [6.07, 6.45) is 2.69. The van der Waals surface area contributed by atoms with Crippen molar-refractivity contribution in [3.63, 3.8) is 0 Å². The van der Waals surface area contributed by atoms with Gasteiger partial charge in [-0.3, -0.25) is 4.68 Å². The summed E-state index contributed by atoms with van der Waals surface area (Å²) in [4.78, 5) is 1.16. The van der Waals surface area contributed by atoms with Crippen molar-refractivity contribution in [2.45, 2.75) is 29.9 Å². The largest absolute Gasteiger partial charge is 0.486 e. The topological polar surface area (TPSA) is 47.3 Å². The minimum absolute atomic E-state index is 0.136. The number of para-hydroxylation sites is 1. The van der Waals surface area contributed by atoms with Crippen LogP contribution in [0.2, 0.25) is 0 Å². The van der Waals surface area contributed by atoms with Crippen LogP contribution < -0.4 is 4.74 Å². The van der Waals surface area contributed by atoms with Gasteiger partial charge in [0.15, 0.2) is 0 Å². The zero-order valence-electron chi connectivity index (χ0n) is 11.4. The molecule has 1 aromatic heterocycles. The van der Waals surface area contributed by atoms with Gasteiger partial charge in [-0.05, 0) is 31.0 Å². The molecule has 1 aliphatic heterocycles. The van der Waals surface area contributed by atoms with E-state index in [0.29, 0.717) is 6.42 Å². The van der Waals surface area contributed by atoms with E-state index in [1.807, 2.05) is 36.0 Å². The zero-order chi connectivity index (χ0) is 13.9. The molecule has 0 saturated heterocycles. The van der Waals surface area contributed by atoms with E-state index in [9.17, 15) is 5.11 Å². The fourth-order valence-corrected chi connectivity index (χ4v) is 3.42. The molecule has 1 aromatic carbocycles. The molecule has 5 heteroatoms. The second-order valence-electron chi connectivity index (χ2n) is 4.97. The molecule has 0 bridgehead atoms. The molecule has 1 N–H and O–H groups in total. The molecule has 0 amide bonds. The Morgan fingerprint density at radius 3 is 3.10 bits per heavy atom. The second-order valence-corrected chi connectivity index (χ2v) is 6.03. The third-order valence-electron chi connectivity index (χ3n) is 3.58. The van der Waals surface area contributed by atoms with E-state index in [0.717, 1.165) is 28.5 Å². The van der Waals surface area contributed by atoms with Gasteiger partial charge in [-0.25, -0.2) is 0 Å². The first-order chi connectivity index (χ1) is 9.74. The second kappa shape index (κ2) is 5.89. The van der Waals surface area contributed by atoms with E-state index in [-0.39, 0.29) is 6.10 Å². The Morgan fingerprint density at radius 2 is 2.30 bits per heavy atom. The quantitative estimate of drug-likeness (QED) is 0.938. The summed E-state index contributed by atoms with van der Waals surface area (Å²) in [6, 6.07) is 9.97. The van der Waals surface area contributed by atoms with Crippen LogP contribution in [0.25, 0.3) is 0 Å². The van der Waals surface area contributed by atoms with Crippen molar-refractivity contribution in [1.82, 2.24) is 9.78 Å². The Morgan fingerprint density at radius 1 is 1.45 bits per heavy atom. The van der Waals surface area contributed by atoms with Gasteiger partial charge < -0.3 is 9.84 Å². The molecule has 0 fully saturated rings. The third-order valence-corrected chi connectivity index (χ3v) is 4.72. The van der Waals surface area contributed by atoms with Gasteiger partial charge in [-0.1, -0.05) is 12.1 Å². The van der Waals surface area contributed by atoms with Crippen LogP contribution in [-0.2, 0) is 13.5 Å². The molecule has 106 valence electrons. The van der Waals surface area contributed by atoms with Crippen molar-refractivity contribution < 1.29 is 9.84 Å². The number of nitrogens with zero attached hydrogens (tertiary/aromatic N) is 2. The molecule has 2 aromatic rings. The van der Waals surface area contributed by atoms with Crippen LogP contribution >= 0.6 is 11.8 Å². The number of benzene rings is 1. The summed E-state index contributed by atoms with van der Waals surface area (Å²) in [7, 11) is 1.92. The van der Waals surface area contributed by atoms with E-state index in [2.05, 4.69) is 11.2 Å². The minimum atomic E-state index is -0.453.